The van der Waals surface area contributed by atoms with Crippen molar-refractivity contribution in [2.75, 3.05) is 11.9 Å². The zero-order valence-corrected chi connectivity index (χ0v) is 16.0. The molecule has 3 heterocycles. The van der Waals surface area contributed by atoms with E-state index in [1.165, 1.54) is 17.5 Å². The Morgan fingerprint density at radius 3 is 2.69 bits per heavy atom. The second-order valence-corrected chi connectivity index (χ2v) is 8.12. The lowest BCUT2D eigenvalue weighted by molar-refractivity contribution is 0.0225. The van der Waals surface area contributed by atoms with Crippen molar-refractivity contribution < 1.29 is 14.3 Å². The lowest BCUT2D eigenvalue weighted by Crippen LogP contribution is -2.39. The molecule has 0 atom stereocenters. The molecule has 9 heteroatoms. The lowest BCUT2D eigenvalue weighted by Gasteiger charge is -2.29. The van der Waals surface area contributed by atoms with Crippen molar-refractivity contribution in [1.82, 2.24) is 19.9 Å². The van der Waals surface area contributed by atoms with Gasteiger partial charge in [0.05, 0.1) is 24.1 Å². The Labute approximate surface area is 155 Å². The van der Waals surface area contributed by atoms with E-state index in [0.29, 0.717) is 24.6 Å². The van der Waals surface area contributed by atoms with Crippen molar-refractivity contribution in [3.05, 3.63) is 34.4 Å². The minimum absolute atomic E-state index is 0.235. The number of rotatable bonds is 2. The average Bonchev–Trinajstić information content (AvgIpc) is 2.95. The molecular formula is C17H21N5O3S. The number of nitrogens with one attached hydrogen (secondary N) is 1. The molecular weight excluding hydrogens is 354 g/mol. The number of thiazole rings is 1. The summed E-state index contributed by atoms with van der Waals surface area (Å²) in [5, 5.41) is 3.24. The molecule has 0 unspecified atom stereocenters. The zero-order chi connectivity index (χ0) is 18.9. The first-order valence-electron chi connectivity index (χ1n) is 8.28. The molecule has 0 aromatic carbocycles. The van der Waals surface area contributed by atoms with Crippen molar-refractivity contribution in [1.29, 1.82) is 0 Å². The molecule has 1 aliphatic heterocycles. The first-order valence-corrected chi connectivity index (χ1v) is 9.09. The van der Waals surface area contributed by atoms with Crippen molar-refractivity contribution in [2.45, 2.75) is 46.3 Å². The average molecular weight is 375 g/mol. The first-order chi connectivity index (χ1) is 12.2. The van der Waals surface area contributed by atoms with E-state index in [0.717, 1.165) is 16.3 Å². The number of hydrogen-bond acceptors (Lipinski definition) is 7. The summed E-state index contributed by atoms with van der Waals surface area (Å²) in [4.78, 5) is 39.7. The standard InChI is InChI=1S/C17H21N5O3S/c1-10-7-19-12(8-18-10)14(23)21-15-20-11-5-6-22(9-13(11)26-15)16(24)25-17(2,3)4/h7-8H,5-6,9H2,1-4H3,(H,20,21,23). The number of fused-ring (bicyclic) bond motifs is 1. The summed E-state index contributed by atoms with van der Waals surface area (Å²) in [6, 6.07) is 0. The maximum atomic E-state index is 12.2. The Morgan fingerprint density at radius 2 is 2.04 bits per heavy atom. The van der Waals surface area contributed by atoms with E-state index in [2.05, 4.69) is 20.3 Å². The lowest BCUT2D eigenvalue weighted by atomic mass is 10.2. The fourth-order valence-electron chi connectivity index (χ4n) is 2.40. The van der Waals surface area contributed by atoms with Gasteiger partial charge in [-0.05, 0) is 27.7 Å². The fraction of sp³-hybridized carbons (Fsp3) is 0.471. The maximum Gasteiger partial charge on any atom is 0.410 e. The second-order valence-electron chi connectivity index (χ2n) is 7.04. The molecule has 2 aromatic heterocycles. The van der Waals surface area contributed by atoms with E-state index in [1.807, 2.05) is 20.8 Å². The highest BCUT2D eigenvalue weighted by Crippen LogP contribution is 2.29. The number of ether oxygens (including phenoxy) is 1. The monoisotopic (exact) mass is 375 g/mol. The highest BCUT2D eigenvalue weighted by molar-refractivity contribution is 7.15. The summed E-state index contributed by atoms with van der Waals surface area (Å²) < 4.78 is 5.42. The van der Waals surface area contributed by atoms with Gasteiger partial charge in [0.2, 0.25) is 0 Å². The third-order valence-electron chi connectivity index (χ3n) is 3.62. The Balaban J connectivity index is 1.66. The summed E-state index contributed by atoms with van der Waals surface area (Å²) in [6.45, 7) is 8.31. The Hall–Kier alpha value is -2.55. The molecule has 0 fully saturated rings. The molecule has 8 nitrogen and oxygen atoms in total. The van der Waals surface area contributed by atoms with Gasteiger partial charge >= 0.3 is 6.09 Å². The molecule has 2 aromatic rings. The van der Waals surface area contributed by atoms with Crippen LogP contribution in [0.5, 0.6) is 0 Å². The Morgan fingerprint density at radius 1 is 1.27 bits per heavy atom. The zero-order valence-electron chi connectivity index (χ0n) is 15.2. The van der Waals surface area contributed by atoms with Gasteiger partial charge in [0.1, 0.15) is 11.3 Å². The number of carbonyl (C=O) groups is 2. The highest BCUT2D eigenvalue weighted by atomic mass is 32.1. The van der Waals surface area contributed by atoms with E-state index in [4.69, 9.17) is 4.74 Å². The van der Waals surface area contributed by atoms with Crippen LogP contribution in [0.25, 0.3) is 0 Å². The molecule has 0 bridgehead atoms. The summed E-state index contributed by atoms with van der Waals surface area (Å²) >= 11 is 1.36. The van der Waals surface area contributed by atoms with Gasteiger partial charge < -0.3 is 9.64 Å². The number of aromatic nitrogens is 3. The van der Waals surface area contributed by atoms with Crippen LogP contribution in [0.3, 0.4) is 0 Å². The van der Waals surface area contributed by atoms with Gasteiger partial charge in [0, 0.05) is 24.0 Å². The fourth-order valence-corrected chi connectivity index (χ4v) is 3.42. The second kappa shape index (κ2) is 6.99. The molecule has 2 amide bonds. The molecule has 26 heavy (non-hydrogen) atoms. The van der Waals surface area contributed by atoms with Gasteiger partial charge in [-0.15, -0.1) is 0 Å². The molecule has 0 radical (unpaired) electrons. The van der Waals surface area contributed by atoms with Crippen LogP contribution in [0.15, 0.2) is 12.4 Å². The minimum atomic E-state index is -0.529. The molecule has 0 aliphatic carbocycles. The third kappa shape index (κ3) is 4.34. The predicted octanol–water partition coefficient (Wildman–Crippen LogP) is 2.79. The molecule has 0 saturated heterocycles. The van der Waals surface area contributed by atoms with Crippen LogP contribution in [0.1, 0.15) is 47.5 Å². The van der Waals surface area contributed by atoms with E-state index in [1.54, 1.807) is 18.0 Å². The van der Waals surface area contributed by atoms with E-state index in [-0.39, 0.29) is 17.7 Å². The van der Waals surface area contributed by atoms with Gasteiger partial charge in [-0.2, -0.15) is 0 Å². The molecule has 0 spiro atoms. The normalized spacial score (nSPS) is 13.9. The minimum Gasteiger partial charge on any atom is -0.444 e. The van der Waals surface area contributed by atoms with Gasteiger partial charge in [0.15, 0.2) is 5.13 Å². The third-order valence-corrected chi connectivity index (χ3v) is 4.61. The summed E-state index contributed by atoms with van der Waals surface area (Å²) in [7, 11) is 0. The van der Waals surface area contributed by atoms with Crippen LogP contribution < -0.4 is 5.32 Å². The SMILES string of the molecule is Cc1cnc(C(=O)Nc2nc3c(s2)CN(C(=O)OC(C)(C)C)CC3)cn1. The number of nitrogens with zero attached hydrogens (tertiary/aromatic N) is 4. The van der Waals surface area contributed by atoms with E-state index in [9.17, 15) is 9.59 Å². The van der Waals surface area contributed by atoms with Gasteiger partial charge in [0.25, 0.3) is 5.91 Å². The number of amides is 2. The van der Waals surface area contributed by atoms with Crippen LogP contribution in [0.4, 0.5) is 9.93 Å². The molecule has 138 valence electrons. The van der Waals surface area contributed by atoms with Crippen molar-refractivity contribution in [3.63, 3.8) is 0 Å². The van der Waals surface area contributed by atoms with Crippen LogP contribution in [0.2, 0.25) is 0 Å². The molecule has 1 aliphatic rings. The van der Waals surface area contributed by atoms with Gasteiger partial charge in [-0.3, -0.25) is 15.1 Å². The van der Waals surface area contributed by atoms with E-state index >= 15 is 0 Å². The number of carbonyl (C=O) groups excluding carboxylic acids is 2. The largest absolute Gasteiger partial charge is 0.444 e. The van der Waals surface area contributed by atoms with Crippen LogP contribution >= 0.6 is 11.3 Å². The first kappa shape index (κ1) is 18.2. The van der Waals surface area contributed by atoms with Crippen molar-refractivity contribution in [3.8, 4) is 0 Å². The number of hydrogen-bond donors (Lipinski definition) is 1. The summed E-state index contributed by atoms with van der Waals surface area (Å²) in [5.41, 5.74) is 1.35. The maximum absolute atomic E-state index is 12.2. The van der Waals surface area contributed by atoms with Gasteiger partial charge in [-0.1, -0.05) is 11.3 Å². The predicted molar refractivity (Wildman–Crippen MR) is 97.2 cm³/mol. The molecule has 0 saturated carbocycles. The number of aryl methyl sites for hydroxylation is 1. The quantitative estimate of drug-likeness (QED) is 0.867. The topological polar surface area (TPSA) is 97.3 Å². The summed E-state index contributed by atoms with van der Waals surface area (Å²) in [5.74, 6) is -0.354. The van der Waals surface area contributed by atoms with Crippen molar-refractivity contribution in [2.24, 2.45) is 0 Å². The van der Waals surface area contributed by atoms with Crippen LogP contribution in [0, 0.1) is 6.92 Å². The highest BCUT2D eigenvalue weighted by Gasteiger charge is 2.28. The molecule has 1 N–H and O–H groups in total. The smallest absolute Gasteiger partial charge is 0.410 e. The summed E-state index contributed by atoms with van der Waals surface area (Å²) in [6.07, 6.45) is 3.27. The molecule has 3 rings (SSSR count). The van der Waals surface area contributed by atoms with Crippen molar-refractivity contribution >= 4 is 28.5 Å². The Kier molecular flexibility index (Phi) is 4.90. The van der Waals surface area contributed by atoms with Crippen LogP contribution in [-0.2, 0) is 17.7 Å². The van der Waals surface area contributed by atoms with Crippen LogP contribution in [-0.4, -0.2) is 44.0 Å². The Bertz CT molecular complexity index is 826. The van der Waals surface area contributed by atoms with Gasteiger partial charge in [-0.25, -0.2) is 14.8 Å². The van der Waals surface area contributed by atoms with E-state index < -0.39 is 5.60 Å². The number of anilines is 1.